The summed E-state index contributed by atoms with van der Waals surface area (Å²) >= 11 is 0. The number of para-hydroxylation sites is 3. The van der Waals surface area contributed by atoms with Crippen LogP contribution in [0.2, 0.25) is 0 Å². The SMILES string of the molecule is COc1ccccc1NC(=O)[C@@H](Cc1ccccc1)NC(=O)c1ccccc1NC(=O)c1ccccc1. The van der Waals surface area contributed by atoms with Crippen molar-refractivity contribution in [3.63, 3.8) is 0 Å². The van der Waals surface area contributed by atoms with Gasteiger partial charge >= 0.3 is 0 Å². The zero-order valence-electron chi connectivity index (χ0n) is 20.3. The van der Waals surface area contributed by atoms with Gasteiger partial charge in [0.05, 0.1) is 24.0 Å². The molecule has 0 aliphatic heterocycles. The first-order valence-corrected chi connectivity index (χ1v) is 11.8. The number of rotatable bonds is 9. The molecule has 0 saturated heterocycles. The largest absolute Gasteiger partial charge is 0.495 e. The van der Waals surface area contributed by atoms with Crippen molar-refractivity contribution in [2.24, 2.45) is 0 Å². The third-order valence-corrected chi connectivity index (χ3v) is 5.73. The summed E-state index contributed by atoms with van der Waals surface area (Å²) in [5, 5.41) is 8.51. The molecular formula is C30H27N3O4. The third-order valence-electron chi connectivity index (χ3n) is 5.73. The van der Waals surface area contributed by atoms with Gasteiger partial charge in [0.2, 0.25) is 5.91 Å². The summed E-state index contributed by atoms with van der Waals surface area (Å²) < 4.78 is 5.34. The number of carbonyl (C=O) groups excluding carboxylic acids is 3. The molecule has 4 rings (SSSR count). The molecule has 7 nitrogen and oxygen atoms in total. The van der Waals surface area contributed by atoms with Gasteiger partial charge in [-0.25, -0.2) is 0 Å². The van der Waals surface area contributed by atoms with Crippen LogP contribution in [0.5, 0.6) is 5.75 Å². The van der Waals surface area contributed by atoms with Gasteiger partial charge in [-0.15, -0.1) is 0 Å². The highest BCUT2D eigenvalue weighted by Crippen LogP contribution is 2.24. The van der Waals surface area contributed by atoms with Crippen LogP contribution in [0.4, 0.5) is 11.4 Å². The van der Waals surface area contributed by atoms with Crippen LogP contribution in [-0.2, 0) is 11.2 Å². The second kappa shape index (κ2) is 12.2. The van der Waals surface area contributed by atoms with Crippen LogP contribution in [0.3, 0.4) is 0 Å². The molecule has 4 aromatic carbocycles. The topological polar surface area (TPSA) is 96.5 Å². The molecule has 7 heteroatoms. The van der Waals surface area contributed by atoms with E-state index in [1.807, 2.05) is 36.4 Å². The Hall–Kier alpha value is -4.91. The van der Waals surface area contributed by atoms with E-state index in [0.29, 0.717) is 22.7 Å². The van der Waals surface area contributed by atoms with Gasteiger partial charge in [-0.05, 0) is 42.0 Å². The van der Waals surface area contributed by atoms with Crippen LogP contribution < -0.4 is 20.7 Å². The second-order valence-corrected chi connectivity index (χ2v) is 8.27. The smallest absolute Gasteiger partial charge is 0.255 e. The van der Waals surface area contributed by atoms with E-state index in [0.717, 1.165) is 5.56 Å². The summed E-state index contributed by atoms with van der Waals surface area (Å²) in [5.41, 5.74) is 2.44. The minimum Gasteiger partial charge on any atom is -0.495 e. The Bertz CT molecular complexity index is 1370. The minimum atomic E-state index is -0.891. The molecule has 186 valence electrons. The fourth-order valence-electron chi connectivity index (χ4n) is 3.84. The molecule has 0 radical (unpaired) electrons. The van der Waals surface area contributed by atoms with Crippen molar-refractivity contribution in [1.82, 2.24) is 5.32 Å². The van der Waals surface area contributed by atoms with Crippen LogP contribution >= 0.6 is 0 Å². The quantitative estimate of drug-likeness (QED) is 0.308. The Labute approximate surface area is 215 Å². The molecule has 0 aromatic heterocycles. The van der Waals surface area contributed by atoms with E-state index in [2.05, 4.69) is 16.0 Å². The maximum absolute atomic E-state index is 13.4. The summed E-state index contributed by atoms with van der Waals surface area (Å²) in [7, 11) is 1.52. The number of ether oxygens (including phenoxy) is 1. The molecule has 3 N–H and O–H groups in total. The molecule has 0 heterocycles. The predicted molar refractivity (Wildman–Crippen MR) is 144 cm³/mol. The maximum Gasteiger partial charge on any atom is 0.255 e. The Morgan fingerprint density at radius 1 is 0.676 bits per heavy atom. The number of benzene rings is 4. The number of hydrogen-bond donors (Lipinski definition) is 3. The summed E-state index contributed by atoms with van der Waals surface area (Å²) in [4.78, 5) is 39.5. The molecule has 0 aliphatic rings. The van der Waals surface area contributed by atoms with Crippen molar-refractivity contribution in [3.8, 4) is 5.75 Å². The molecule has 0 bridgehead atoms. The van der Waals surface area contributed by atoms with Gasteiger partial charge in [0.15, 0.2) is 0 Å². The molecule has 0 saturated carbocycles. The van der Waals surface area contributed by atoms with Crippen LogP contribution in [0.1, 0.15) is 26.3 Å². The Kier molecular flexibility index (Phi) is 8.29. The van der Waals surface area contributed by atoms with Crippen molar-refractivity contribution in [2.75, 3.05) is 17.7 Å². The molecular weight excluding hydrogens is 466 g/mol. The van der Waals surface area contributed by atoms with Gasteiger partial charge in [-0.1, -0.05) is 72.8 Å². The van der Waals surface area contributed by atoms with Crippen molar-refractivity contribution in [3.05, 3.63) is 126 Å². The zero-order chi connectivity index (χ0) is 26.0. The lowest BCUT2D eigenvalue weighted by atomic mass is 10.0. The van der Waals surface area contributed by atoms with Crippen molar-refractivity contribution < 1.29 is 19.1 Å². The lowest BCUT2D eigenvalue weighted by Crippen LogP contribution is -2.45. The number of nitrogens with one attached hydrogen (secondary N) is 3. The van der Waals surface area contributed by atoms with E-state index in [9.17, 15) is 14.4 Å². The van der Waals surface area contributed by atoms with E-state index < -0.39 is 17.9 Å². The maximum atomic E-state index is 13.4. The first-order chi connectivity index (χ1) is 18.0. The molecule has 0 aliphatic carbocycles. The van der Waals surface area contributed by atoms with Crippen LogP contribution in [-0.4, -0.2) is 30.9 Å². The first kappa shape index (κ1) is 25.2. The monoisotopic (exact) mass is 493 g/mol. The lowest BCUT2D eigenvalue weighted by Gasteiger charge is -2.20. The van der Waals surface area contributed by atoms with Gasteiger partial charge in [-0.3, -0.25) is 14.4 Å². The van der Waals surface area contributed by atoms with Crippen LogP contribution in [0.15, 0.2) is 109 Å². The molecule has 0 unspecified atom stereocenters. The first-order valence-electron chi connectivity index (χ1n) is 11.8. The lowest BCUT2D eigenvalue weighted by molar-refractivity contribution is -0.118. The highest BCUT2D eigenvalue weighted by atomic mass is 16.5. The number of amides is 3. The molecule has 4 aromatic rings. The van der Waals surface area contributed by atoms with Gasteiger partial charge in [0.1, 0.15) is 11.8 Å². The molecule has 3 amide bonds. The highest BCUT2D eigenvalue weighted by molar-refractivity contribution is 6.10. The van der Waals surface area contributed by atoms with Crippen LogP contribution in [0, 0.1) is 0 Å². The normalized spacial score (nSPS) is 11.2. The van der Waals surface area contributed by atoms with E-state index in [1.165, 1.54) is 7.11 Å². The molecule has 1 atom stereocenters. The van der Waals surface area contributed by atoms with E-state index in [4.69, 9.17) is 4.74 Å². The second-order valence-electron chi connectivity index (χ2n) is 8.27. The fourth-order valence-corrected chi connectivity index (χ4v) is 3.84. The van der Waals surface area contributed by atoms with Crippen LogP contribution in [0.25, 0.3) is 0 Å². The zero-order valence-corrected chi connectivity index (χ0v) is 20.3. The third kappa shape index (κ3) is 6.61. The summed E-state index contributed by atoms with van der Waals surface area (Å²) in [6.07, 6.45) is 0.270. The van der Waals surface area contributed by atoms with Gasteiger partial charge in [-0.2, -0.15) is 0 Å². The van der Waals surface area contributed by atoms with Gasteiger partial charge in [0, 0.05) is 12.0 Å². The van der Waals surface area contributed by atoms with E-state index in [1.54, 1.807) is 72.8 Å². The average molecular weight is 494 g/mol. The van der Waals surface area contributed by atoms with E-state index >= 15 is 0 Å². The number of anilines is 2. The highest BCUT2D eigenvalue weighted by Gasteiger charge is 2.24. The minimum absolute atomic E-state index is 0.245. The Balaban J connectivity index is 1.56. The number of carbonyl (C=O) groups is 3. The Morgan fingerprint density at radius 3 is 1.97 bits per heavy atom. The standard InChI is InChI=1S/C30H27N3O4/c1-37-27-19-11-10-18-25(27)32-30(36)26(20-21-12-4-2-5-13-21)33-29(35)23-16-8-9-17-24(23)31-28(34)22-14-6-3-7-15-22/h2-19,26H,20H2,1H3,(H,31,34)(H,32,36)(H,33,35)/t26-/m1/s1. The van der Waals surface area contributed by atoms with Crippen molar-refractivity contribution in [2.45, 2.75) is 12.5 Å². The summed E-state index contributed by atoms with van der Waals surface area (Å²) in [6.45, 7) is 0. The fraction of sp³-hybridized carbons (Fsp3) is 0.100. The molecule has 0 spiro atoms. The van der Waals surface area contributed by atoms with Crippen molar-refractivity contribution >= 4 is 29.1 Å². The van der Waals surface area contributed by atoms with Gasteiger partial charge in [0.25, 0.3) is 11.8 Å². The number of methoxy groups -OCH3 is 1. The number of hydrogen-bond acceptors (Lipinski definition) is 4. The predicted octanol–water partition coefficient (Wildman–Crippen LogP) is 4.93. The molecule has 0 fully saturated rings. The molecule has 37 heavy (non-hydrogen) atoms. The summed E-state index contributed by atoms with van der Waals surface area (Å²) in [6, 6.07) is 31.0. The van der Waals surface area contributed by atoms with E-state index in [-0.39, 0.29) is 17.9 Å². The average Bonchev–Trinajstić information content (AvgIpc) is 2.94. The van der Waals surface area contributed by atoms with Gasteiger partial charge < -0.3 is 20.7 Å². The summed E-state index contributed by atoms with van der Waals surface area (Å²) in [5.74, 6) is -0.710. The van der Waals surface area contributed by atoms with Crippen molar-refractivity contribution in [1.29, 1.82) is 0 Å². The Morgan fingerprint density at radius 2 is 1.27 bits per heavy atom.